The highest BCUT2D eigenvalue weighted by Crippen LogP contribution is 2.18. The fraction of sp³-hybridized carbons (Fsp3) is 0.400. The number of hydrogen-bond acceptors (Lipinski definition) is 5. The van der Waals surface area contributed by atoms with E-state index in [0.717, 1.165) is 4.88 Å². The highest BCUT2D eigenvalue weighted by Gasteiger charge is 2.22. The number of rotatable bonds is 4. The lowest BCUT2D eigenvalue weighted by molar-refractivity contribution is -0.146. The van der Waals surface area contributed by atoms with Crippen LogP contribution in [0.15, 0.2) is 17.5 Å². The van der Waals surface area contributed by atoms with Crippen molar-refractivity contribution in [2.24, 2.45) is 5.73 Å². The van der Waals surface area contributed by atoms with Gasteiger partial charge in [0.1, 0.15) is 12.6 Å². The van der Waals surface area contributed by atoms with Crippen LogP contribution < -0.4 is 5.73 Å². The van der Waals surface area contributed by atoms with Gasteiger partial charge in [-0.2, -0.15) is 0 Å². The fourth-order valence-corrected chi connectivity index (χ4v) is 1.88. The average Bonchev–Trinajstić information content (AvgIpc) is 2.80. The maximum Gasteiger partial charge on any atom is 0.325 e. The molecule has 1 amide bonds. The number of carbonyl (C=O) groups is 2. The van der Waals surface area contributed by atoms with Crippen LogP contribution in [0.1, 0.15) is 10.9 Å². The number of hydrogen-bond donors (Lipinski definition) is 1. The van der Waals surface area contributed by atoms with Crippen LogP contribution in [0.5, 0.6) is 0 Å². The Morgan fingerprint density at radius 3 is 2.81 bits per heavy atom. The quantitative estimate of drug-likeness (QED) is 0.775. The second-order valence-corrected chi connectivity index (χ2v) is 4.24. The van der Waals surface area contributed by atoms with Gasteiger partial charge in [0.2, 0.25) is 5.91 Å². The van der Waals surface area contributed by atoms with Crippen molar-refractivity contribution in [3.63, 3.8) is 0 Å². The van der Waals surface area contributed by atoms with Crippen molar-refractivity contribution in [2.75, 3.05) is 20.7 Å². The Balaban J connectivity index is 2.60. The van der Waals surface area contributed by atoms with E-state index in [2.05, 4.69) is 4.74 Å². The number of likely N-dealkylation sites (N-methyl/N-ethyl adjacent to an activating group) is 1. The van der Waals surface area contributed by atoms with Crippen LogP contribution >= 0.6 is 11.3 Å². The summed E-state index contributed by atoms with van der Waals surface area (Å²) in [6, 6.07) is 2.90. The Kier molecular flexibility index (Phi) is 4.45. The number of methoxy groups -OCH3 is 1. The molecule has 1 aromatic heterocycles. The summed E-state index contributed by atoms with van der Waals surface area (Å²) in [5.41, 5.74) is 5.77. The Bertz CT molecular complexity index is 364. The van der Waals surface area contributed by atoms with Crippen LogP contribution in [0, 0.1) is 0 Å². The molecule has 1 unspecified atom stereocenters. The number of amides is 1. The highest BCUT2D eigenvalue weighted by atomic mass is 32.1. The van der Waals surface area contributed by atoms with Gasteiger partial charge in [-0.25, -0.2) is 0 Å². The molecule has 0 aliphatic carbocycles. The second kappa shape index (κ2) is 5.62. The summed E-state index contributed by atoms with van der Waals surface area (Å²) in [4.78, 5) is 24.8. The zero-order chi connectivity index (χ0) is 12.1. The zero-order valence-electron chi connectivity index (χ0n) is 9.17. The van der Waals surface area contributed by atoms with Gasteiger partial charge in [-0.3, -0.25) is 9.59 Å². The number of esters is 1. The van der Waals surface area contributed by atoms with E-state index in [-0.39, 0.29) is 12.5 Å². The van der Waals surface area contributed by atoms with Gasteiger partial charge in [0.15, 0.2) is 0 Å². The molecule has 1 heterocycles. The molecule has 1 aromatic rings. The second-order valence-electron chi connectivity index (χ2n) is 3.26. The number of thiophene rings is 1. The molecule has 0 aromatic carbocycles. The minimum atomic E-state index is -0.713. The number of nitrogens with two attached hydrogens (primary N) is 1. The van der Waals surface area contributed by atoms with Gasteiger partial charge in [-0.1, -0.05) is 6.07 Å². The van der Waals surface area contributed by atoms with Crippen molar-refractivity contribution in [2.45, 2.75) is 6.04 Å². The monoisotopic (exact) mass is 242 g/mol. The van der Waals surface area contributed by atoms with Crippen LogP contribution in [0.25, 0.3) is 0 Å². The molecule has 88 valence electrons. The first kappa shape index (κ1) is 12.7. The molecule has 1 atom stereocenters. The van der Waals surface area contributed by atoms with Gasteiger partial charge in [-0.15, -0.1) is 11.3 Å². The van der Waals surface area contributed by atoms with Crippen molar-refractivity contribution < 1.29 is 14.3 Å². The number of ether oxygens (including phenoxy) is 1. The van der Waals surface area contributed by atoms with E-state index in [4.69, 9.17) is 5.73 Å². The third kappa shape index (κ3) is 3.04. The molecule has 0 saturated carbocycles. The first-order valence-electron chi connectivity index (χ1n) is 4.67. The molecule has 16 heavy (non-hydrogen) atoms. The lowest BCUT2D eigenvalue weighted by Gasteiger charge is -2.19. The van der Waals surface area contributed by atoms with E-state index < -0.39 is 12.0 Å². The third-order valence-electron chi connectivity index (χ3n) is 2.09. The standard InChI is InChI=1S/C10H14N2O3S/c1-12(6-8(13)15-2)10(14)9(11)7-4-3-5-16-7/h3-5,9H,6,11H2,1-2H3. The molecular formula is C10H14N2O3S. The van der Waals surface area contributed by atoms with E-state index in [1.165, 1.54) is 30.4 Å². The van der Waals surface area contributed by atoms with Crippen molar-refractivity contribution in [3.05, 3.63) is 22.4 Å². The normalized spacial score (nSPS) is 11.9. The first-order valence-corrected chi connectivity index (χ1v) is 5.55. The molecule has 0 radical (unpaired) electrons. The Hall–Kier alpha value is -1.40. The molecule has 0 spiro atoms. The smallest absolute Gasteiger partial charge is 0.325 e. The van der Waals surface area contributed by atoms with Crippen molar-refractivity contribution >= 4 is 23.2 Å². The summed E-state index contributed by atoms with van der Waals surface area (Å²) in [7, 11) is 2.80. The van der Waals surface area contributed by atoms with E-state index in [1.807, 2.05) is 11.4 Å². The summed E-state index contributed by atoms with van der Waals surface area (Å²) in [5, 5.41) is 1.85. The lowest BCUT2D eigenvalue weighted by atomic mass is 10.2. The van der Waals surface area contributed by atoms with Gasteiger partial charge in [0.25, 0.3) is 0 Å². The topological polar surface area (TPSA) is 72.6 Å². The minimum absolute atomic E-state index is 0.0889. The fourth-order valence-electron chi connectivity index (χ4n) is 1.16. The van der Waals surface area contributed by atoms with Gasteiger partial charge >= 0.3 is 5.97 Å². The van der Waals surface area contributed by atoms with E-state index >= 15 is 0 Å². The van der Waals surface area contributed by atoms with Crippen molar-refractivity contribution in [1.29, 1.82) is 0 Å². The molecule has 0 saturated heterocycles. The van der Waals surface area contributed by atoms with E-state index in [9.17, 15) is 9.59 Å². The van der Waals surface area contributed by atoms with Gasteiger partial charge < -0.3 is 15.4 Å². The Labute approximate surface area is 97.8 Å². The van der Waals surface area contributed by atoms with Gasteiger partial charge in [-0.05, 0) is 11.4 Å². The first-order chi connectivity index (χ1) is 7.56. The maximum absolute atomic E-state index is 11.8. The minimum Gasteiger partial charge on any atom is -0.468 e. The molecule has 6 heteroatoms. The largest absolute Gasteiger partial charge is 0.468 e. The van der Waals surface area contributed by atoms with Crippen molar-refractivity contribution in [3.8, 4) is 0 Å². The van der Waals surface area contributed by atoms with Gasteiger partial charge in [0, 0.05) is 11.9 Å². The predicted molar refractivity (Wildman–Crippen MR) is 60.9 cm³/mol. The molecular weight excluding hydrogens is 228 g/mol. The molecule has 2 N–H and O–H groups in total. The van der Waals surface area contributed by atoms with Crippen LogP contribution in [0.4, 0.5) is 0 Å². The van der Waals surface area contributed by atoms with E-state index in [0.29, 0.717) is 0 Å². The molecule has 0 aliphatic heterocycles. The molecule has 0 aliphatic rings. The summed E-state index contributed by atoms with van der Waals surface area (Å²) in [6.45, 7) is -0.0889. The molecule has 0 bridgehead atoms. The van der Waals surface area contributed by atoms with Crippen LogP contribution in [0.2, 0.25) is 0 Å². The maximum atomic E-state index is 11.8. The third-order valence-corrected chi connectivity index (χ3v) is 3.04. The van der Waals surface area contributed by atoms with Crippen LogP contribution in [0.3, 0.4) is 0 Å². The zero-order valence-corrected chi connectivity index (χ0v) is 9.99. The molecule has 0 fully saturated rings. The van der Waals surface area contributed by atoms with Crippen LogP contribution in [-0.4, -0.2) is 37.5 Å². The lowest BCUT2D eigenvalue weighted by Crippen LogP contribution is -2.38. The average molecular weight is 242 g/mol. The number of nitrogens with zero attached hydrogens (tertiary/aromatic N) is 1. The predicted octanol–water partition coefficient (Wildman–Crippen LogP) is 0.379. The SMILES string of the molecule is COC(=O)CN(C)C(=O)C(N)c1cccs1. The number of carbonyl (C=O) groups excluding carboxylic acids is 2. The Morgan fingerprint density at radius 1 is 1.62 bits per heavy atom. The van der Waals surface area contributed by atoms with Crippen molar-refractivity contribution in [1.82, 2.24) is 4.90 Å². The highest BCUT2D eigenvalue weighted by molar-refractivity contribution is 7.10. The summed E-state index contributed by atoms with van der Waals surface area (Å²) >= 11 is 1.41. The molecule has 1 rings (SSSR count). The Morgan fingerprint density at radius 2 is 2.31 bits per heavy atom. The molecule has 5 nitrogen and oxygen atoms in total. The van der Waals surface area contributed by atoms with E-state index in [1.54, 1.807) is 6.07 Å². The van der Waals surface area contributed by atoms with Gasteiger partial charge in [0.05, 0.1) is 7.11 Å². The summed E-state index contributed by atoms with van der Waals surface area (Å²) < 4.78 is 4.47. The van der Waals surface area contributed by atoms with Crippen LogP contribution in [-0.2, 0) is 14.3 Å². The summed E-state index contributed by atoms with van der Waals surface area (Å²) in [5.74, 6) is -0.762. The summed E-state index contributed by atoms with van der Waals surface area (Å²) in [6.07, 6.45) is 0.